The van der Waals surface area contributed by atoms with Crippen LogP contribution in [0.1, 0.15) is 24.2 Å². The van der Waals surface area contributed by atoms with Crippen LogP contribution in [0.5, 0.6) is 0 Å². The van der Waals surface area contributed by atoms with E-state index in [0.717, 1.165) is 18.2 Å². The summed E-state index contributed by atoms with van der Waals surface area (Å²) >= 11 is 0. The predicted molar refractivity (Wildman–Crippen MR) is 71.5 cm³/mol. The molecule has 2 amide bonds. The molecule has 0 aliphatic heterocycles. The Bertz CT molecular complexity index is 493. The van der Waals surface area contributed by atoms with Crippen LogP contribution in [0.2, 0.25) is 0 Å². The quantitative estimate of drug-likeness (QED) is 0.746. The average Bonchev–Trinajstić information content (AvgIpc) is 2.39. The maximum Gasteiger partial charge on any atom is 0.335 e. The lowest BCUT2D eigenvalue weighted by atomic mass is 10.2. The number of aromatic carboxylic acids is 1. The molecular weight excluding hydrogens is 267 g/mol. The zero-order valence-electron chi connectivity index (χ0n) is 11.3. The molecule has 0 fully saturated rings. The van der Waals surface area contributed by atoms with Crippen molar-refractivity contribution in [1.82, 2.24) is 5.32 Å². The van der Waals surface area contributed by atoms with Crippen LogP contribution >= 0.6 is 0 Å². The summed E-state index contributed by atoms with van der Waals surface area (Å²) in [6, 6.07) is 2.54. The van der Waals surface area contributed by atoms with Crippen molar-refractivity contribution >= 4 is 17.7 Å². The molecule has 1 aromatic carbocycles. The lowest BCUT2D eigenvalue weighted by Crippen LogP contribution is -2.35. The van der Waals surface area contributed by atoms with Crippen molar-refractivity contribution in [3.63, 3.8) is 0 Å². The van der Waals surface area contributed by atoms with E-state index in [2.05, 4.69) is 10.6 Å². The molecule has 1 atom stereocenters. The summed E-state index contributed by atoms with van der Waals surface area (Å²) < 4.78 is 18.7. The number of carboxylic acids is 1. The molecule has 1 rings (SSSR count). The molecule has 0 spiro atoms. The summed E-state index contributed by atoms with van der Waals surface area (Å²) in [7, 11) is 0. The van der Waals surface area contributed by atoms with Crippen LogP contribution in [0.3, 0.4) is 0 Å². The van der Waals surface area contributed by atoms with E-state index in [1.807, 2.05) is 6.92 Å². The molecule has 0 aliphatic carbocycles. The lowest BCUT2D eigenvalue weighted by Gasteiger charge is -2.13. The molecule has 0 radical (unpaired) electrons. The number of amides is 2. The van der Waals surface area contributed by atoms with Crippen molar-refractivity contribution in [3.8, 4) is 0 Å². The van der Waals surface area contributed by atoms with Crippen molar-refractivity contribution in [1.29, 1.82) is 0 Å². The smallest absolute Gasteiger partial charge is 0.335 e. The van der Waals surface area contributed by atoms with Crippen molar-refractivity contribution in [3.05, 3.63) is 29.6 Å². The molecule has 0 saturated heterocycles. The summed E-state index contributed by atoms with van der Waals surface area (Å²) in [6.07, 6.45) is -0.166. The molecule has 0 saturated carbocycles. The van der Waals surface area contributed by atoms with Crippen LogP contribution in [0.4, 0.5) is 14.9 Å². The van der Waals surface area contributed by atoms with Crippen LogP contribution in [0.25, 0.3) is 0 Å². The van der Waals surface area contributed by atoms with Gasteiger partial charge in [-0.15, -0.1) is 0 Å². The summed E-state index contributed by atoms with van der Waals surface area (Å²) in [5, 5.41) is 13.6. The number of urea groups is 1. The molecule has 0 bridgehead atoms. The van der Waals surface area contributed by atoms with Crippen LogP contribution in [-0.4, -0.2) is 36.4 Å². The van der Waals surface area contributed by atoms with Gasteiger partial charge in [0.25, 0.3) is 0 Å². The zero-order chi connectivity index (χ0) is 15.1. The number of ether oxygens (including phenoxy) is 1. The number of nitrogens with one attached hydrogen (secondary N) is 2. The van der Waals surface area contributed by atoms with Gasteiger partial charge in [-0.25, -0.2) is 14.0 Å². The highest BCUT2D eigenvalue weighted by Gasteiger charge is 2.11. The van der Waals surface area contributed by atoms with E-state index in [1.165, 1.54) is 0 Å². The van der Waals surface area contributed by atoms with Crippen LogP contribution < -0.4 is 10.6 Å². The van der Waals surface area contributed by atoms with Crippen molar-refractivity contribution < 1.29 is 23.8 Å². The second-order valence-corrected chi connectivity index (χ2v) is 4.10. The number of carbonyl (C=O) groups is 2. The van der Waals surface area contributed by atoms with Gasteiger partial charge < -0.3 is 20.5 Å². The third-order valence-electron chi connectivity index (χ3n) is 2.46. The number of carbonyl (C=O) groups excluding carboxylic acids is 1. The molecule has 110 valence electrons. The molecule has 20 heavy (non-hydrogen) atoms. The number of hydrogen-bond acceptors (Lipinski definition) is 3. The Morgan fingerprint density at radius 1 is 1.45 bits per heavy atom. The highest BCUT2D eigenvalue weighted by molar-refractivity contribution is 5.93. The largest absolute Gasteiger partial charge is 0.478 e. The maximum absolute atomic E-state index is 13.5. The third-order valence-corrected chi connectivity index (χ3v) is 2.46. The SMILES string of the molecule is CCOC(C)CNC(=O)Nc1cc(C(=O)O)ccc1F. The first-order chi connectivity index (χ1) is 9.43. The Labute approximate surface area is 115 Å². The Morgan fingerprint density at radius 2 is 2.15 bits per heavy atom. The van der Waals surface area contributed by atoms with E-state index in [0.29, 0.717) is 6.61 Å². The van der Waals surface area contributed by atoms with Gasteiger partial charge in [0, 0.05) is 13.2 Å². The predicted octanol–water partition coefficient (Wildman–Crippen LogP) is 2.07. The Morgan fingerprint density at radius 3 is 2.75 bits per heavy atom. The molecule has 6 nitrogen and oxygen atoms in total. The standard InChI is InChI=1S/C13H17FN2O4/c1-3-20-8(2)7-15-13(19)16-11-6-9(12(17)18)4-5-10(11)14/h4-6,8H,3,7H2,1-2H3,(H,17,18)(H2,15,16,19). The van der Waals surface area contributed by atoms with Gasteiger partial charge >= 0.3 is 12.0 Å². The van der Waals surface area contributed by atoms with Gasteiger partial charge in [-0.05, 0) is 32.0 Å². The van der Waals surface area contributed by atoms with Gasteiger partial charge in [-0.2, -0.15) is 0 Å². The topological polar surface area (TPSA) is 87.7 Å². The van der Waals surface area contributed by atoms with Gasteiger partial charge in [-0.3, -0.25) is 0 Å². The van der Waals surface area contributed by atoms with Gasteiger partial charge in [-0.1, -0.05) is 0 Å². The van der Waals surface area contributed by atoms with Crippen LogP contribution in [-0.2, 0) is 4.74 Å². The van der Waals surface area contributed by atoms with E-state index in [4.69, 9.17) is 9.84 Å². The Kier molecular flexibility index (Phi) is 5.92. The van der Waals surface area contributed by atoms with Crippen LogP contribution in [0, 0.1) is 5.82 Å². The van der Waals surface area contributed by atoms with Crippen molar-refractivity contribution in [2.75, 3.05) is 18.5 Å². The molecule has 1 aromatic rings. The molecule has 0 aromatic heterocycles. The highest BCUT2D eigenvalue weighted by Crippen LogP contribution is 2.16. The second-order valence-electron chi connectivity index (χ2n) is 4.10. The van der Waals surface area contributed by atoms with Gasteiger partial charge in [0.1, 0.15) is 5.82 Å². The van der Waals surface area contributed by atoms with E-state index < -0.39 is 17.8 Å². The fourth-order valence-electron chi connectivity index (χ4n) is 1.50. The Hall–Kier alpha value is -2.15. The fourth-order valence-corrected chi connectivity index (χ4v) is 1.50. The second kappa shape index (κ2) is 7.44. The summed E-state index contributed by atoms with van der Waals surface area (Å²) in [5.74, 6) is -1.90. The maximum atomic E-state index is 13.5. The monoisotopic (exact) mass is 284 g/mol. The normalized spacial score (nSPS) is 11.8. The van der Waals surface area contributed by atoms with Crippen molar-refractivity contribution in [2.45, 2.75) is 20.0 Å². The number of rotatable bonds is 6. The van der Waals surface area contributed by atoms with Gasteiger partial charge in [0.05, 0.1) is 17.4 Å². The number of halogens is 1. The highest BCUT2D eigenvalue weighted by atomic mass is 19.1. The molecular formula is C13H17FN2O4. The zero-order valence-corrected chi connectivity index (χ0v) is 11.3. The minimum Gasteiger partial charge on any atom is -0.478 e. The summed E-state index contributed by atoms with van der Waals surface area (Å²) in [4.78, 5) is 22.3. The lowest BCUT2D eigenvalue weighted by molar-refractivity contribution is 0.0696. The molecule has 1 unspecified atom stereocenters. The third kappa shape index (κ3) is 4.85. The number of benzene rings is 1. The molecule has 3 N–H and O–H groups in total. The minimum absolute atomic E-state index is 0.107. The number of carboxylic acid groups (broad SMARTS) is 1. The molecule has 0 aliphatic rings. The Balaban J connectivity index is 2.61. The number of anilines is 1. The van der Waals surface area contributed by atoms with E-state index in [1.54, 1.807) is 6.92 Å². The first-order valence-corrected chi connectivity index (χ1v) is 6.13. The summed E-state index contributed by atoms with van der Waals surface area (Å²) in [6.45, 7) is 4.42. The molecule has 7 heteroatoms. The summed E-state index contributed by atoms with van der Waals surface area (Å²) in [5.41, 5.74) is -0.296. The van der Waals surface area contributed by atoms with Gasteiger partial charge in [0.2, 0.25) is 0 Å². The van der Waals surface area contributed by atoms with Crippen LogP contribution in [0.15, 0.2) is 18.2 Å². The van der Waals surface area contributed by atoms with E-state index >= 15 is 0 Å². The fraction of sp³-hybridized carbons (Fsp3) is 0.385. The average molecular weight is 284 g/mol. The first kappa shape index (κ1) is 15.9. The first-order valence-electron chi connectivity index (χ1n) is 6.13. The number of hydrogen-bond donors (Lipinski definition) is 3. The molecule has 0 heterocycles. The minimum atomic E-state index is -1.20. The van der Waals surface area contributed by atoms with Crippen molar-refractivity contribution in [2.24, 2.45) is 0 Å². The van der Waals surface area contributed by atoms with E-state index in [9.17, 15) is 14.0 Å². The van der Waals surface area contributed by atoms with E-state index in [-0.39, 0.29) is 23.9 Å². The van der Waals surface area contributed by atoms with Gasteiger partial charge in [0.15, 0.2) is 0 Å².